The number of rotatable bonds is 13. The Bertz CT molecular complexity index is 1060. The first-order valence-electron chi connectivity index (χ1n) is 11.7. The molecule has 3 aromatic rings. The highest BCUT2D eigenvalue weighted by atomic mass is 35.5. The Morgan fingerprint density at radius 2 is 1.94 bits per heavy atom. The average Bonchev–Trinajstić information content (AvgIpc) is 3.60. The lowest BCUT2D eigenvalue weighted by Gasteiger charge is -2.25. The van der Waals surface area contributed by atoms with Gasteiger partial charge in [-0.15, -0.1) is 6.58 Å². The Hall–Kier alpha value is -2.64. The predicted molar refractivity (Wildman–Crippen MR) is 135 cm³/mol. The quantitative estimate of drug-likeness (QED) is 0.265. The third-order valence-corrected chi connectivity index (χ3v) is 6.03. The van der Waals surface area contributed by atoms with Gasteiger partial charge in [0.25, 0.3) is 0 Å². The van der Waals surface area contributed by atoms with Crippen molar-refractivity contribution in [3.05, 3.63) is 77.8 Å². The molecule has 1 unspecified atom stereocenters. The van der Waals surface area contributed by atoms with Crippen molar-refractivity contribution >= 4 is 11.6 Å². The molecule has 180 valence electrons. The number of aliphatic hydroxyl groups is 1. The van der Waals surface area contributed by atoms with Gasteiger partial charge in [0.2, 0.25) is 5.88 Å². The Morgan fingerprint density at radius 3 is 2.62 bits per heavy atom. The Labute approximate surface area is 206 Å². The van der Waals surface area contributed by atoms with Gasteiger partial charge >= 0.3 is 0 Å². The number of aliphatic hydroxyl groups excluding tert-OH is 1. The van der Waals surface area contributed by atoms with E-state index in [1.165, 1.54) is 12.8 Å². The summed E-state index contributed by atoms with van der Waals surface area (Å²) >= 11 is 6.06. The summed E-state index contributed by atoms with van der Waals surface area (Å²) in [5.74, 6) is 2.04. The number of benzene rings is 2. The molecule has 0 spiro atoms. The molecule has 1 aliphatic carbocycles. The fraction of sp³-hybridized carbons (Fsp3) is 0.370. The number of nitrogens with zero attached hydrogens (tertiary/aromatic N) is 3. The molecule has 0 radical (unpaired) electrons. The van der Waals surface area contributed by atoms with Crippen molar-refractivity contribution in [2.45, 2.75) is 25.5 Å². The molecule has 1 aromatic heterocycles. The Kier molecular flexibility index (Phi) is 8.40. The van der Waals surface area contributed by atoms with Crippen LogP contribution in [0.1, 0.15) is 18.4 Å². The van der Waals surface area contributed by atoms with Gasteiger partial charge < -0.3 is 14.6 Å². The lowest BCUT2D eigenvalue weighted by atomic mass is 10.1. The molecule has 1 atom stereocenters. The number of ether oxygens (including phenoxy) is 2. The Morgan fingerprint density at radius 1 is 1.21 bits per heavy atom. The van der Waals surface area contributed by atoms with Crippen LogP contribution in [0.15, 0.2) is 67.3 Å². The highest BCUT2D eigenvalue weighted by Crippen LogP contribution is 2.36. The first-order chi connectivity index (χ1) is 16.5. The van der Waals surface area contributed by atoms with Crippen LogP contribution in [0, 0.1) is 5.92 Å². The molecule has 0 saturated heterocycles. The van der Waals surface area contributed by atoms with E-state index < -0.39 is 6.10 Å². The van der Waals surface area contributed by atoms with Crippen molar-refractivity contribution in [2.75, 3.05) is 26.3 Å². The molecule has 0 aliphatic heterocycles. The number of aromatic nitrogens is 2. The first kappa shape index (κ1) is 24.5. The zero-order valence-corrected chi connectivity index (χ0v) is 20.3. The molecule has 0 bridgehead atoms. The summed E-state index contributed by atoms with van der Waals surface area (Å²) in [5.41, 5.74) is 2.90. The zero-order valence-electron chi connectivity index (χ0n) is 19.6. The lowest BCUT2D eigenvalue weighted by molar-refractivity contribution is 0.0235. The predicted octanol–water partition coefficient (Wildman–Crippen LogP) is 5.31. The topological polar surface area (TPSA) is 59.8 Å². The van der Waals surface area contributed by atoms with Gasteiger partial charge in [-0.2, -0.15) is 5.10 Å². The van der Waals surface area contributed by atoms with Gasteiger partial charge in [-0.25, -0.2) is 4.68 Å². The van der Waals surface area contributed by atoms with Crippen LogP contribution in [0.5, 0.6) is 11.6 Å². The van der Waals surface area contributed by atoms with Crippen LogP contribution in [0.25, 0.3) is 11.3 Å². The molecule has 6 nitrogen and oxygen atoms in total. The van der Waals surface area contributed by atoms with Gasteiger partial charge in [-0.05, 0) is 43.0 Å². The normalized spacial score (nSPS) is 14.4. The SMILES string of the molecule is C=CCOCC(O)CN(Cc1c(-c2ccccc2)nn(C)c1Oc1ccc(Cl)cc1)CC1CC1. The monoisotopic (exact) mass is 481 g/mol. The third-order valence-electron chi connectivity index (χ3n) is 5.77. The van der Waals surface area contributed by atoms with E-state index in [-0.39, 0.29) is 6.61 Å². The summed E-state index contributed by atoms with van der Waals surface area (Å²) in [6, 6.07) is 17.5. The molecule has 1 fully saturated rings. The average molecular weight is 482 g/mol. The molecule has 0 amide bonds. The summed E-state index contributed by atoms with van der Waals surface area (Å²) in [6.45, 7) is 6.41. The lowest BCUT2D eigenvalue weighted by Crippen LogP contribution is -2.36. The highest BCUT2D eigenvalue weighted by Gasteiger charge is 2.28. The van der Waals surface area contributed by atoms with Crippen molar-refractivity contribution in [2.24, 2.45) is 13.0 Å². The van der Waals surface area contributed by atoms with Crippen molar-refractivity contribution in [1.29, 1.82) is 0 Å². The van der Waals surface area contributed by atoms with E-state index in [2.05, 4.69) is 23.6 Å². The van der Waals surface area contributed by atoms with Gasteiger partial charge in [-0.1, -0.05) is 48.0 Å². The van der Waals surface area contributed by atoms with Crippen molar-refractivity contribution in [3.63, 3.8) is 0 Å². The van der Waals surface area contributed by atoms with E-state index in [1.807, 2.05) is 49.5 Å². The van der Waals surface area contributed by atoms with Crippen molar-refractivity contribution in [3.8, 4) is 22.9 Å². The highest BCUT2D eigenvalue weighted by molar-refractivity contribution is 6.30. The van der Waals surface area contributed by atoms with Crippen molar-refractivity contribution in [1.82, 2.24) is 14.7 Å². The first-order valence-corrected chi connectivity index (χ1v) is 12.0. The number of aryl methyl sites for hydroxylation is 1. The van der Waals surface area contributed by atoms with Gasteiger partial charge in [-0.3, -0.25) is 4.90 Å². The zero-order chi connectivity index (χ0) is 23.9. The molecule has 7 heteroatoms. The minimum Gasteiger partial charge on any atom is -0.439 e. The largest absolute Gasteiger partial charge is 0.439 e. The molecular weight excluding hydrogens is 450 g/mol. The fourth-order valence-corrected chi connectivity index (χ4v) is 4.12. The summed E-state index contributed by atoms with van der Waals surface area (Å²) in [7, 11) is 1.89. The second-order valence-electron chi connectivity index (χ2n) is 8.80. The van der Waals surface area contributed by atoms with Crippen LogP contribution in [0.2, 0.25) is 5.02 Å². The summed E-state index contributed by atoms with van der Waals surface area (Å²) in [4.78, 5) is 2.29. The van der Waals surface area contributed by atoms with Gasteiger partial charge in [0.15, 0.2) is 0 Å². The Balaban J connectivity index is 1.63. The number of halogens is 1. The summed E-state index contributed by atoms with van der Waals surface area (Å²) in [5, 5.41) is 16.1. The number of hydrogen-bond donors (Lipinski definition) is 1. The number of hydrogen-bond acceptors (Lipinski definition) is 5. The maximum absolute atomic E-state index is 10.6. The second kappa shape index (κ2) is 11.7. The van der Waals surface area contributed by atoms with Crippen LogP contribution in [-0.2, 0) is 18.3 Å². The molecule has 1 aliphatic rings. The maximum Gasteiger partial charge on any atom is 0.222 e. The molecule has 2 aromatic carbocycles. The van der Waals surface area contributed by atoms with E-state index >= 15 is 0 Å². The second-order valence-corrected chi connectivity index (χ2v) is 9.23. The van der Waals surface area contributed by atoms with E-state index in [0.717, 1.165) is 23.4 Å². The standard InChI is InChI=1S/C27H32ClN3O3/c1-3-15-33-19-23(32)17-31(16-20-9-10-20)18-25-26(21-7-5-4-6-8-21)29-30(2)27(25)34-24-13-11-22(28)12-14-24/h3-8,11-14,20,23,32H,1,9-10,15-19H2,2H3. The fourth-order valence-electron chi connectivity index (χ4n) is 4.00. The van der Waals surface area contributed by atoms with Crippen LogP contribution in [0.3, 0.4) is 0 Å². The van der Waals surface area contributed by atoms with Crippen LogP contribution in [0.4, 0.5) is 0 Å². The molecule has 1 heterocycles. The maximum atomic E-state index is 10.6. The van der Waals surface area contributed by atoms with E-state index in [4.69, 9.17) is 26.2 Å². The van der Waals surface area contributed by atoms with Gasteiger partial charge in [0.05, 0.1) is 24.9 Å². The smallest absolute Gasteiger partial charge is 0.222 e. The van der Waals surface area contributed by atoms with Crippen LogP contribution < -0.4 is 4.74 Å². The van der Waals surface area contributed by atoms with Crippen LogP contribution >= 0.6 is 11.6 Å². The van der Waals surface area contributed by atoms with E-state index in [0.29, 0.717) is 42.3 Å². The third kappa shape index (κ3) is 6.70. The van der Waals surface area contributed by atoms with Gasteiger partial charge in [0.1, 0.15) is 11.4 Å². The van der Waals surface area contributed by atoms with E-state index in [1.54, 1.807) is 10.8 Å². The summed E-state index contributed by atoms with van der Waals surface area (Å²) < 4.78 is 13.6. The molecule has 34 heavy (non-hydrogen) atoms. The molecule has 1 N–H and O–H groups in total. The van der Waals surface area contributed by atoms with E-state index in [9.17, 15) is 5.11 Å². The van der Waals surface area contributed by atoms with Crippen LogP contribution in [-0.4, -0.2) is 52.2 Å². The minimum absolute atomic E-state index is 0.278. The molecular formula is C27H32ClN3O3. The molecule has 4 rings (SSSR count). The summed E-state index contributed by atoms with van der Waals surface area (Å²) in [6.07, 6.45) is 3.56. The minimum atomic E-state index is -0.587. The van der Waals surface area contributed by atoms with Crippen molar-refractivity contribution < 1.29 is 14.6 Å². The van der Waals surface area contributed by atoms with Gasteiger partial charge in [0, 0.05) is 37.3 Å². The molecule has 1 saturated carbocycles.